The number of rotatable bonds is 3. The van der Waals surface area contributed by atoms with Crippen LogP contribution in [-0.2, 0) is 13.0 Å². The van der Waals surface area contributed by atoms with Crippen molar-refractivity contribution < 1.29 is 4.92 Å². The van der Waals surface area contributed by atoms with Crippen molar-refractivity contribution in [1.82, 2.24) is 9.38 Å². The lowest BCUT2D eigenvalue weighted by molar-refractivity contribution is -0.384. The average molecular weight is 328 g/mol. The summed E-state index contributed by atoms with van der Waals surface area (Å²) < 4.78 is 1.51. The lowest BCUT2D eigenvalue weighted by atomic mass is 10.1. The number of aromatic nitrogens is 2. The number of fused-ring (bicyclic) bond motifs is 2. The molecular formula is C15H12N4O3S. The van der Waals surface area contributed by atoms with Gasteiger partial charge in [-0.2, -0.15) is 0 Å². The molecule has 2 aromatic heterocycles. The number of thiazole rings is 1. The Bertz CT molecular complexity index is 978. The molecule has 0 bridgehead atoms. The maximum absolute atomic E-state index is 12.0. The minimum Gasteiger partial charge on any atom is -0.365 e. The molecule has 0 fully saturated rings. The van der Waals surface area contributed by atoms with Gasteiger partial charge in [0.1, 0.15) is 0 Å². The molecule has 0 aliphatic carbocycles. The van der Waals surface area contributed by atoms with Gasteiger partial charge >= 0.3 is 0 Å². The Hall–Kier alpha value is -2.74. The SMILES string of the molecule is O=c1cc(CN2CCc3ccc([N+](=O)[O-])cc32)nc2sccn12. The fourth-order valence-electron chi connectivity index (χ4n) is 2.88. The van der Waals surface area contributed by atoms with Crippen molar-refractivity contribution in [1.29, 1.82) is 0 Å². The second-order valence-corrected chi connectivity index (χ2v) is 6.26. The van der Waals surface area contributed by atoms with E-state index in [9.17, 15) is 14.9 Å². The van der Waals surface area contributed by atoms with Crippen LogP contribution in [0.4, 0.5) is 11.4 Å². The van der Waals surface area contributed by atoms with Crippen LogP contribution in [0.2, 0.25) is 0 Å². The summed E-state index contributed by atoms with van der Waals surface area (Å²) in [4.78, 5) is 29.8. The first-order chi connectivity index (χ1) is 11.1. The summed E-state index contributed by atoms with van der Waals surface area (Å²) >= 11 is 1.41. The normalized spacial score (nSPS) is 13.5. The second-order valence-electron chi connectivity index (χ2n) is 5.38. The van der Waals surface area contributed by atoms with E-state index in [1.54, 1.807) is 18.3 Å². The van der Waals surface area contributed by atoms with Gasteiger partial charge in [-0.25, -0.2) is 4.98 Å². The number of non-ortho nitro benzene ring substituents is 1. The van der Waals surface area contributed by atoms with Gasteiger partial charge in [0.05, 0.1) is 17.2 Å². The van der Waals surface area contributed by atoms with Crippen LogP contribution in [0.25, 0.3) is 4.96 Å². The van der Waals surface area contributed by atoms with E-state index in [0.29, 0.717) is 17.2 Å². The Kier molecular flexibility index (Phi) is 3.12. The van der Waals surface area contributed by atoms with Crippen LogP contribution < -0.4 is 10.5 Å². The maximum Gasteiger partial charge on any atom is 0.271 e. The van der Waals surface area contributed by atoms with Gasteiger partial charge in [0.2, 0.25) is 0 Å². The van der Waals surface area contributed by atoms with Gasteiger partial charge in [-0.05, 0) is 12.0 Å². The number of hydrogen-bond donors (Lipinski definition) is 0. The van der Waals surface area contributed by atoms with E-state index in [1.165, 1.54) is 27.9 Å². The first kappa shape index (κ1) is 13.9. The maximum atomic E-state index is 12.0. The molecule has 0 atom stereocenters. The number of nitro groups is 1. The molecule has 0 amide bonds. The van der Waals surface area contributed by atoms with E-state index in [-0.39, 0.29) is 16.2 Å². The molecular weight excluding hydrogens is 316 g/mol. The van der Waals surface area contributed by atoms with Crippen LogP contribution in [0.1, 0.15) is 11.3 Å². The van der Waals surface area contributed by atoms with E-state index >= 15 is 0 Å². The smallest absolute Gasteiger partial charge is 0.271 e. The summed E-state index contributed by atoms with van der Waals surface area (Å²) in [5, 5.41) is 12.8. The van der Waals surface area contributed by atoms with Gasteiger partial charge in [0, 0.05) is 42.0 Å². The van der Waals surface area contributed by atoms with Crippen LogP contribution in [0.15, 0.2) is 40.6 Å². The van der Waals surface area contributed by atoms with E-state index < -0.39 is 0 Å². The van der Waals surface area contributed by atoms with Crippen LogP contribution in [0, 0.1) is 10.1 Å². The van der Waals surface area contributed by atoms with Gasteiger partial charge < -0.3 is 4.90 Å². The predicted molar refractivity (Wildman–Crippen MR) is 87.2 cm³/mol. The Labute approximate surface area is 134 Å². The highest BCUT2D eigenvalue weighted by molar-refractivity contribution is 7.15. The van der Waals surface area contributed by atoms with Crippen molar-refractivity contribution in [3.05, 3.63) is 67.6 Å². The zero-order chi connectivity index (χ0) is 16.0. The van der Waals surface area contributed by atoms with Crippen molar-refractivity contribution >= 4 is 27.7 Å². The third-order valence-electron chi connectivity index (χ3n) is 3.98. The van der Waals surface area contributed by atoms with Crippen LogP contribution in [0.3, 0.4) is 0 Å². The van der Waals surface area contributed by atoms with Crippen LogP contribution >= 0.6 is 11.3 Å². The minimum atomic E-state index is -0.390. The van der Waals surface area contributed by atoms with Gasteiger partial charge in [-0.1, -0.05) is 6.07 Å². The summed E-state index contributed by atoms with van der Waals surface area (Å²) in [6, 6.07) is 6.46. The predicted octanol–water partition coefficient (Wildman–Crippen LogP) is 2.23. The molecule has 1 aromatic carbocycles. The van der Waals surface area contributed by atoms with Gasteiger partial charge in [0.25, 0.3) is 11.2 Å². The van der Waals surface area contributed by atoms with Crippen molar-refractivity contribution in [2.24, 2.45) is 0 Å². The lowest BCUT2D eigenvalue weighted by Gasteiger charge is -2.18. The highest BCUT2D eigenvalue weighted by atomic mass is 32.1. The van der Waals surface area contributed by atoms with E-state index in [0.717, 1.165) is 24.2 Å². The quantitative estimate of drug-likeness (QED) is 0.544. The molecule has 0 unspecified atom stereocenters. The fourth-order valence-corrected chi connectivity index (χ4v) is 3.61. The fraction of sp³-hybridized carbons (Fsp3) is 0.200. The summed E-state index contributed by atoms with van der Waals surface area (Å²) in [6.45, 7) is 1.24. The molecule has 1 aliphatic heterocycles. The van der Waals surface area contributed by atoms with E-state index in [4.69, 9.17) is 0 Å². The zero-order valence-electron chi connectivity index (χ0n) is 12.0. The summed E-state index contributed by atoms with van der Waals surface area (Å²) in [7, 11) is 0. The van der Waals surface area contributed by atoms with Gasteiger partial charge in [-0.15, -0.1) is 11.3 Å². The standard InChI is InChI=1S/C15H12N4O3S/c20-14-7-11(16-15-18(14)5-6-23-15)9-17-4-3-10-1-2-12(19(21)22)8-13(10)17/h1-2,5-8H,3-4,9H2. The topological polar surface area (TPSA) is 80.8 Å². The monoisotopic (exact) mass is 328 g/mol. The Morgan fingerprint density at radius 2 is 2.22 bits per heavy atom. The molecule has 116 valence electrons. The Balaban J connectivity index is 1.69. The number of anilines is 1. The number of benzene rings is 1. The van der Waals surface area contributed by atoms with Crippen molar-refractivity contribution in [2.75, 3.05) is 11.4 Å². The van der Waals surface area contributed by atoms with Crippen LogP contribution in [-0.4, -0.2) is 20.9 Å². The molecule has 23 heavy (non-hydrogen) atoms. The molecule has 8 heteroatoms. The largest absolute Gasteiger partial charge is 0.365 e. The molecule has 0 N–H and O–H groups in total. The molecule has 0 radical (unpaired) electrons. The van der Waals surface area contributed by atoms with E-state index in [1.807, 2.05) is 10.3 Å². The van der Waals surface area contributed by atoms with Gasteiger partial charge in [0.15, 0.2) is 4.96 Å². The lowest BCUT2D eigenvalue weighted by Crippen LogP contribution is -2.23. The first-order valence-corrected chi connectivity index (χ1v) is 7.98. The first-order valence-electron chi connectivity index (χ1n) is 7.10. The average Bonchev–Trinajstić information content (AvgIpc) is 3.14. The Morgan fingerprint density at radius 1 is 1.35 bits per heavy atom. The van der Waals surface area contributed by atoms with E-state index in [2.05, 4.69) is 4.98 Å². The molecule has 3 heterocycles. The minimum absolute atomic E-state index is 0.0809. The Morgan fingerprint density at radius 3 is 3.04 bits per heavy atom. The third kappa shape index (κ3) is 2.36. The molecule has 4 rings (SSSR count). The summed E-state index contributed by atoms with van der Waals surface area (Å²) in [5.74, 6) is 0. The highest BCUT2D eigenvalue weighted by Gasteiger charge is 2.22. The van der Waals surface area contributed by atoms with Crippen molar-refractivity contribution in [2.45, 2.75) is 13.0 Å². The summed E-state index contributed by atoms with van der Waals surface area (Å²) in [5.41, 5.74) is 2.59. The number of hydrogen-bond acceptors (Lipinski definition) is 6. The van der Waals surface area contributed by atoms with Gasteiger partial charge in [-0.3, -0.25) is 19.3 Å². The molecule has 7 nitrogen and oxygen atoms in total. The van der Waals surface area contributed by atoms with Crippen molar-refractivity contribution in [3.63, 3.8) is 0 Å². The molecule has 0 saturated carbocycles. The zero-order valence-corrected chi connectivity index (χ0v) is 12.8. The van der Waals surface area contributed by atoms with Crippen molar-refractivity contribution in [3.8, 4) is 0 Å². The number of nitro benzene ring substituents is 1. The third-order valence-corrected chi connectivity index (χ3v) is 4.74. The molecule has 3 aromatic rings. The molecule has 1 aliphatic rings. The number of nitrogens with zero attached hydrogens (tertiary/aromatic N) is 4. The highest BCUT2D eigenvalue weighted by Crippen LogP contribution is 2.32. The summed E-state index contributed by atoms with van der Waals surface area (Å²) in [6.07, 6.45) is 2.54. The second kappa shape index (κ2) is 5.17. The molecule has 0 spiro atoms. The van der Waals surface area contributed by atoms with Crippen LogP contribution in [0.5, 0.6) is 0 Å². The molecule has 0 saturated heterocycles.